The molecule has 0 fully saturated rings. The maximum atomic E-state index is 10.3. The highest BCUT2D eigenvalue weighted by atomic mass is 16.5. The van der Waals surface area contributed by atoms with Crippen molar-refractivity contribution >= 4 is 12.4 Å². The largest absolute Gasteiger partial charge is 0.483 e. The summed E-state index contributed by atoms with van der Waals surface area (Å²) < 4.78 is 4.67. The van der Waals surface area contributed by atoms with Crippen molar-refractivity contribution in [3.05, 3.63) is 0 Å². The fourth-order valence-electron chi connectivity index (χ4n) is 0.389. The van der Waals surface area contributed by atoms with Crippen LogP contribution in [0.4, 0.5) is 0 Å². The monoisotopic (exact) mass is 221 g/mol. The van der Waals surface area contributed by atoms with E-state index in [0.29, 0.717) is 6.61 Å². The number of carbonyl (C=O) groups is 2. The van der Waals surface area contributed by atoms with Crippen LogP contribution in [0.1, 0.15) is 40.0 Å². The molecule has 0 amide bonds. The zero-order valence-electron chi connectivity index (χ0n) is 9.86. The van der Waals surface area contributed by atoms with Gasteiger partial charge in [0.2, 0.25) is 0 Å². The number of hydrogen-bond acceptors (Lipinski definition) is 4. The standard InChI is InChI=1S/C6H13NO2.C3H8.CH2O2/c1-2-3-4-9-6(8)5-7;1-3-2;2-1-3/h2-5,7H2,1H3;3H2,1-2H3;1H,(H,2,3). The van der Waals surface area contributed by atoms with Gasteiger partial charge in [-0.1, -0.05) is 33.6 Å². The van der Waals surface area contributed by atoms with Crippen LogP contribution in [0.2, 0.25) is 0 Å². The number of rotatable bonds is 4. The normalized spacial score (nSPS) is 7.47. The van der Waals surface area contributed by atoms with Gasteiger partial charge in [-0.2, -0.15) is 0 Å². The van der Waals surface area contributed by atoms with Crippen molar-refractivity contribution in [3.8, 4) is 0 Å². The quantitative estimate of drug-likeness (QED) is 0.425. The van der Waals surface area contributed by atoms with Crippen LogP contribution in [-0.4, -0.2) is 30.7 Å². The predicted molar refractivity (Wildman–Crippen MR) is 59.6 cm³/mol. The molecule has 0 aliphatic rings. The smallest absolute Gasteiger partial charge is 0.319 e. The molecule has 0 radical (unpaired) electrons. The van der Waals surface area contributed by atoms with Crippen molar-refractivity contribution in [3.63, 3.8) is 0 Å². The number of hydrogen-bond donors (Lipinski definition) is 2. The molecule has 5 heteroatoms. The van der Waals surface area contributed by atoms with Gasteiger partial charge in [0, 0.05) is 0 Å². The molecule has 5 nitrogen and oxygen atoms in total. The van der Waals surface area contributed by atoms with Crippen LogP contribution in [0.5, 0.6) is 0 Å². The lowest BCUT2D eigenvalue weighted by Crippen LogP contribution is -2.17. The highest BCUT2D eigenvalue weighted by Crippen LogP contribution is 1.86. The fourth-order valence-corrected chi connectivity index (χ4v) is 0.389. The molecule has 0 unspecified atom stereocenters. The minimum Gasteiger partial charge on any atom is -0.483 e. The van der Waals surface area contributed by atoms with E-state index in [1.54, 1.807) is 0 Å². The van der Waals surface area contributed by atoms with E-state index in [2.05, 4.69) is 18.6 Å². The molecular formula is C10H23NO4. The van der Waals surface area contributed by atoms with E-state index in [1.807, 2.05) is 6.92 Å². The van der Waals surface area contributed by atoms with Gasteiger partial charge in [-0.3, -0.25) is 9.59 Å². The topological polar surface area (TPSA) is 89.6 Å². The molecule has 0 saturated carbocycles. The zero-order chi connectivity index (χ0) is 12.5. The Balaban J connectivity index is -0.000000200. The van der Waals surface area contributed by atoms with Gasteiger partial charge in [0.15, 0.2) is 0 Å². The first-order valence-electron chi connectivity index (χ1n) is 5.07. The molecule has 0 heterocycles. The number of unbranched alkanes of at least 4 members (excludes halogenated alkanes) is 1. The minimum absolute atomic E-state index is 0.0102. The molecule has 0 aromatic heterocycles. The third kappa shape index (κ3) is 44.0. The van der Waals surface area contributed by atoms with Gasteiger partial charge in [-0.05, 0) is 6.42 Å². The predicted octanol–water partition coefficient (Wildman–Crippen LogP) is 1.41. The summed E-state index contributed by atoms with van der Waals surface area (Å²) in [7, 11) is 0. The number of ether oxygens (including phenoxy) is 1. The Labute approximate surface area is 91.6 Å². The second-order valence-electron chi connectivity index (χ2n) is 2.59. The summed E-state index contributed by atoms with van der Waals surface area (Å²) >= 11 is 0. The summed E-state index contributed by atoms with van der Waals surface area (Å²) in [4.78, 5) is 18.7. The molecule has 0 aromatic rings. The van der Waals surface area contributed by atoms with Gasteiger partial charge in [-0.25, -0.2) is 0 Å². The maximum Gasteiger partial charge on any atom is 0.319 e. The van der Waals surface area contributed by atoms with Crippen molar-refractivity contribution in [1.29, 1.82) is 0 Å². The average molecular weight is 221 g/mol. The number of carbonyl (C=O) groups excluding carboxylic acids is 1. The van der Waals surface area contributed by atoms with E-state index < -0.39 is 0 Å². The van der Waals surface area contributed by atoms with Crippen LogP contribution in [0.25, 0.3) is 0 Å². The highest BCUT2D eigenvalue weighted by molar-refractivity contribution is 5.71. The Kier molecular flexibility index (Phi) is 29.9. The van der Waals surface area contributed by atoms with E-state index in [-0.39, 0.29) is 19.0 Å². The Morgan fingerprint density at radius 2 is 1.80 bits per heavy atom. The molecule has 0 aromatic carbocycles. The molecule has 0 spiro atoms. The SMILES string of the molecule is CCC.CCCCOC(=O)CN.O=CO. The first kappa shape index (κ1) is 19.5. The third-order valence-electron chi connectivity index (χ3n) is 0.928. The molecule has 0 rings (SSSR count). The minimum atomic E-state index is -0.316. The summed E-state index contributed by atoms with van der Waals surface area (Å²) in [6, 6.07) is 0. The first-order valence-corrected chi connectivity index (χ1v) is 5.07. The van der Waals surface area contributed by atoms with E-state index in [1.165, 1.54) is 6.42 Å². The first-order chi connectivity index (χ1) is 7.14. The Morgan fingerprint density at radius 1 is 1.40 bits per heavy atom. The summed E-state index contributed by atoms with van der Waals surface area (Å²) in [6.45, 7) is 6.53. The Hall–Kier alpha value is -1.10. The molecule has 92 valence electrons. The lowest BCUT2D eigenvalue weighted by atomic mass is 10.4. The Bertz CT molecular complexity index is 129. The van der Waals surface area contributed by atoms with Crippen LogP contribution in [0, 0.1) is 0 Å². The summed E-state index contributed by atoms with van der Waals surface area (Å²) in [5, 5.41) is 6.89. The molecule has 0 saturated heterocycles. The molecule has 0 aliphatic carbocycles. The second-order valence-corrected chi connectivity index (χ2v) is 2.59. The maximum absolute atomic E-state index is 10.3. The van der Waals surface area contributed by atoms with Gasteiger partial charge in [0.05, 0.1) is 13.2 Å². The summed E-state index contributed by atoms with van der Waals surface area (Å²) in [5.41, 5.74) is 4.98. The van der Waals surface area contributed by atoms with Crippen LogP contribution in [0.3, 0.4) is 0 Å². The van der Waals surface area contributed by atoms with Gasteiger partial charge < -0.3 is 15.6 Å². The lowest BCUT2D eigenvalue weighted by Gasteiger charge is -1.99. The molecule has 0 bridgehead atoms. The fraction of sp³-hybridized carbons (Fsp3) is 0.800. The van der Waals surface area contributed by atoms with Crippen LogP contribution < -0.4 is 5.73 Å². The second kappa shape index (κ2) is 23.1. The number of carboxylic acid groups (broad SMARTS) is 1. The zero-order valence-corrected chi connectivity index (χ0v) is 9.86. The number of esters is 1. The van der Waals surface area contributed by atoms with Crippen molar-refractivity contribution < 1.29 is 19.4 Å². The summed E-state index contributed by atoms with van der Waals surface area (Å²) in [6.07, 6.45) is 3.21. The number of nitrogens with two attached hydrogens (primary N) is 1. The van der Waals surface area contributed by atoms with Crippen LogP contribution in [0.15, 0.2) is 0 Å². The van der Waals surface area contributed by atoms with Gasteiger partial charge in [0.1, 0.15) is 0 Å². The molecule has 15 heavy (non-hydrogen) atoms. The summed E-state index contributed by atoms with van der Waals surface area (Å²) in [5.74, 6) is -0.316. The highest BCUT2D eigenvalue weighted by Gasteiger charge is 1.94. The van der Waals surface area contributed by atoms with Gasteiger partial charge in [0.25, 0.3) is 6.47 Å². The average Bonchev–Trinajstić information content (AvgIpc) is 2.20. The van der Waals surface area contributed by atoms with Crippen molar-refractivity contribution in [2.24, 2.45) is 5.73 Å². The van der Waals surface area contributed by atoms with Crippen molar-refractivity contribution in [2.75, 3.05) is 13.2 Å². The van der Waals surface area contributed by atoms with Gasteiger partial charge in [-0.15, -0.1) is 0 Å². The molecule has 3 N–H and O–H groups in total. The van der Waals surface area contributed by atoms with E-state index in [0.717, 1.165) is 12.8 Å². The van der Waals surface area contributed by atoms with E-state index in [9.17, 15) is 4.79 Å². The lowest BCUT2D eigenvalue weighted by molar-refractivity contribution is -0.142. The van der Waals surface area contributed by atoms with E-state index >= 15 is 0 Å². The van der Waals surface area contributed by atoms with Crippen LogP contribution in [-0.2, 0) is 14.3 Å². The van der Waals surface area contributed by atoms with E-state index in [4.69, 9.17) is 15.6 Å². The molecule has 0 aliphatic heterocycles. The third-order valence-corrected chi connectivity index (χ3v) is 0.928. The van der Waals surface area contributed by atoms with Gasteiger partial charge >= 0.3 is 5.97 Å². The Morgan fingerprint density at radius 3 is 2.07 bits per heavy atom. The van der Waals surface area contributed by atoms with Crippen molar-refractivity contribution in [2.45, 2.75) is 40.0 Å². The van der Waals surface area contributed by atoms with Crippen molar-refractivity contribution in [1.82, 2.24) is 0 Å². The molecule has 0 atom stereocenters. The van der Waals surface area contributed by atoms with Crippen LogP contribution >= 0.6 is 0 Å². The molecular weight excluding hydrogens is 198 g/mol.